The van der Waals surface area contributed by atoms with E-state index in [4.69, 9.17) is 23.5 Å². The molecule has 23 heavy (non-hydrogen) atoms. The van der Waals surface area contributed by atoms with Crippen LogP contribution in [0.2, 0.25) is 0 Å². The van der Waals surface area contributed by atoms with Crippen LogP contribution in [-0.4, -0.2) is 38.8 Å². The summed E-state index contributed by atoms with van der Waals surface area (Å²) in [5.74, 6) is 1.66. The number of hydrogen-bond acceptors (Lipinski definition) is 5. The zero-order valence-corrected chi connectivity index (χ0v) is 14.8. The maximum absolute atomic E-state index is 6.23. The molecule has 1 aromatic rings. The summed E-state index contributed by atoms with van der Waals surface area (Å²) < 4.78 is 29.1. The van der Waals surface area contributed by atoms with E-state index in [1.807, 2.05) is 13.0 Å². The largest absolute Gasteiger partial charge is 0.498 e. The minimum atomic E-state index is -0.460. The highest BCUT2D eigenvalue weighted by atomic mass is 16.7. The number of fused-ring (bicyclic) bond motifs is 1. The van der Waals surface area contributed by atoms with Gasteiger partial charge in [-0.05, 0) is 46.2 Å². The van der Waals surface area contributed by atoms with Crippen LogP contribution >= 0.6 is 0 Å². The molecule has 0 spiro atoms. The van der Waals surface area contributed by atoms with Crippen LogP contribution in [0.25, 0.3) is 0 Å². The molecular weight excluding hydrogens is 295 g/mol. The Kier molecular flexibility index (Phi) is 4.11. The summed E-state index contributed by atoms with van der Waals surface area (Å²) in [6.07, 6.45) is 0.821. The Hall–Kier alpha value is -1.24. The van der Waals surface area contributed by atoms with Crippen molar-refractivity contribution in [2.45, 2.75) is 52.2 Å². The fourth-order valence-corrected chi connectivity index (χ4v) is 2.98. The Labute approximate surface area is 138 Å². The topological polar surface area (TPSA) is 46.2 Å². The highest BCUT2D eigenvalue weighted by Crippen LogP contribution is 2.40. The van der Waals surface area contributed by atoms with Crippen LogP contribution in [0.3, 0.4) is 0 Å². The van der Waals surface area contributed by atoms with E-state index >= 15 is 0 Å². The molecule has 0 radical (unpaired) electrons. The Morgan fingerprint density at radius 2 is 1.83 bits per heavy atom. The molecule has 126 valence electrons. The summed E-state index contributed by atoms with van der Waals surface area (Å²) in [5.41, 5.74) is 2.26. The Morgan fingerprint density at radius 1 is 1.17 bits per heavy atom. The average Bonchev–Trinajstić information content (AvgIpc) is 2.97. The summed E-state index contributed by atoms with van der Waals surface area (Å²) >= 11 is 0. The van der Waals surface area contributed by atoms with E-state index in [0.29, 0.717) is 6.61 Å². The lowest BCUT2D eigenvalue weighted by Gasteiger charge is -2.32. The second-order valence-electron chi connectivity index (χ2n) is 7.15. The maximum atomic E-state index is 6.23. The van der Waals surface area contributed by atoms with Gasteiger partial charge in [-0.1, -0.05) is 0 Å². The zero-order chi connectivity index (χ0) is 16.8. The van der Waals surface area contributed by atoms with Crippen LogP contribution in [0.4, 0.5) is 0 Å². The fraction of sp³-hybridized carbons (Fsp3) is 0.647. The van der Waals surface area contributed by atoms with Crippen molar-refractivity contribution in [2.75, 3.05) is 20.5 Å². The van der Waals surface area contributed by atoms with E-state index in [0.717, 1.165) is 34.5 Å². The van der Waals surface area contributed by atoms with Gasteiger partial charge in [0.05, 0.1) is 17.8 Å². The molecule has 0 bridgehead atoms. The molecule has 3 rings (SSSR count). The summed E-state index contributed by atoms with van der Waals surface area (Å²) in [6.45, 7) is 11.1. The van der Waals surface area contributed by atoms with Crippen molar-refractivity contribution in [3.63, 3.8) is 0 Å². The molecule has 0 atom stereocenters. The van der Waals surface area contributed by atoms with Gasteiger partial charge in [0.2, 0.25) is 0 Å². The molecule has 2 aliphatic heterocycles. The van der Waals surface area contributed by atoms with Crippen LogP contribution in [0.15, 0.2) is 6.07 Å². The highest BCUT2D eigenvalue weighted by molar-refractivity contribution is 6.63. The second-order valence-corrected chi connectivity index (χ2v) is 7.15. The third-order valence-electron chi connectivity index (χ3n) is 5.01. The van der Waals surface area contributed by atoms with Crippen LogP contribution in [0.5, 0.6) is 11.5 Å². The van der Waals surface area contributed by atoms with Crippen molar-refractivity contribution in [2.24, 2.45) is 0 Å². The Morgan fingerprint density at radius 3 is 2.43 bits per heavy atom. The molecule has 2 aliphatic rings. The normalized spacial score (nSPS) is 21.2. The lowest BCUT2D eigenvalue weighted by molar-refractivity contribution is 0.00578. The van der Waals surface area contributed by atoms with Gasteiger partial charge in [-0.15, -0.1) is 0 Å². The summed E-state index contributed by atoms with van der Waals surface area (Å²) in [4.78, 5) is 0. The summed E-state index contributed by atoms with van der Waals surface area (Å²) in [7, 11) is 1.15. The van der Waals surface area contributed by atoms with E-state index in [1.165, 1.54) is 0 Å². The molecule has 1 saturated heterocycles. The molecule has 0 amide bonds. The van der Waals surface area contributed by atoms with Crippen LogP contribution < -0.4 is 14.9 Å². The van der Waals surface area contributed by atoms with Crippen molar-refractivity contribution in [1.82, 2.24) is 0 Å². The van der Waals surface area contributed by atoms with E-state index in [2.05, 4.69) is 27.7 Å². The molecule has 2 heterocycles. The van der Waals surface area contributed by atoms with Crippen molar-refractivity contribution >= 4 is 12.6 Å². The van der Waals surface area contributed by atoms with E-state index < -0.39 is 18.3 Å². The minimum absolute atomic E-state index is 0.183. The monoisotopic (exact) mass is 320 g/mol. The van der Waals surface area contributed by atoms with Crippen LogP contribution in [0, 0.1) is 6.92 Å². The molecule has 1 fully saturated rings. The number of ether oxygens (including phenoxy) is 3. The number of aryl methyl sites for hydroxylation is 1. The fourth-order valence-electron chi connectivity index (χ4n) is 2.98. The molecule has 0 aliphatic carbocycles. The first kappa shape index (κ1) is 16.6. The third-order valence-corrected chi connectivity index (χ3v) is 5.01. The SMILES string of the molecule is COCOc1c2c(cc(C)c1B1OC(C)(C)C(C)(C)O1)OCC2. The van der Waals surface area contributed by atoms with Gasteiger partial charge in [0, 0.05) is 24.6 Å². The predicted octanol–water partition coefficient (Wildman–Crippen LogP) is 2.21. The predicted molar refractivity (Wildman–Crippen MR) is 88.6 cm³/mol. The zero-order valence-electron chi connectivity index (χ0n) is 14.8. The van der Waals surface area contributed by atoms with Gasteiger partial charge >= 0.3 is 7.12 Å². The van der Waals surface area contributed by atoms with Gasteiger partial charge in [0.15, 0.2) is 6.79 Å². The molecule has 6 heteroatoms. The third kappa shape index (κ3) is 2.73. The molecule has 0 saturated carbocycles. The van der Waals surface area contributed by atoms with Gasteiger partial charge in [-0.3, -0.25) is 0 Å². The molecule has 5 nitrogen and oxygen atoms in total. The van der Waals surface area contributed by atoms with Gasteiger partial charge < -0.3 is 23.5 Å². The van der Waals surface area contributed by atoms with Gasteiger partial charge in [0.25, 0.3) is 0 Å². The second kappa shape index (κ2) is 5.69. The highest BCUT2D eigenvalue weighted by Gasteiger charge is 2.53. The minimum Gasteiger partial charge on any atom is -0.493 e. The lowest BCUT2D eigenvalue weighted by Crippen LogP contribution is -2.41. The smallest absolute Gasteiger partial charge is 0.493 e. The number of hydrogen-bond donors (Lipinski definition) is 0. The molecule has 0 aromatic heterocycles. The number of benzene rings is 1. The summed E-state index contributed by atoms with van der Waals surface area (Å²) in [6, 6.07) is 2.04. The quantitative estimate of drug-likeness (QED) is 0.629. The van der Waals surface area contributed by atoms with Crippen molar-refractivity contribution in [3.05, 3.63) is 17.2 Å². The molecule has 0 N–H and O–H groups in total. The average molecular weight is 320 g/mol. The van der Waals surface area contributed by atoms with Gasteiger partial charge in [0.1, 0.15) is 11.5 Å². The first-order valence-corrected chi connectivity index (χ1v) is 8.03. The van der Waals surface area contributed by atoms with Crippen LogP contribution in [0.1, 0.15) is 38.8 Å². The van der Waals surface area contributed by atoms with Crippen LogP contribution in [-0.2, 0) is 20.5 Å². The van der Waals surface area contributed by atoms with Crippen molar-refractivity contribution < 1.29 is 23.5 Å². The molecular formula is C17H25BO5. The van der Waals surface area contributed by atoms with E-state index in [-0.39, 0.29) is 6.79 Å². The standard InChI is InChI=1S/C17H25BO5/c1-11-9-13-12(7-8-20-13)15(21-10-19-6)14(11)18-22-16(2,3)17(4,5)23-18/h9H,7-8,10H2,1-6H3. The van der Waals surface area contributed by atoms with Gasteiger partial charge in [-0.2, -0.15) is 0 Å². The number of rotatable bonds is 4. The first-order chi connectivity index (χ1) is 10.8. The Balaban J connectivity index is 2.05. The number of methoxy groups -OCH3 is 1. The van der Waals surface area contributed by atoms with E-state index in [1.54, 1.807) is 7.11 Å². The van der Waals surface area contributed by atoms with Gasteiger partial charge in [-0.25, -0.2) is 0 Å². The lowest BCUT2D eigenvalue weighted by atomic mass is 9.74. The van der Waals surface area contributed by atoms with Crippen molar-refractivity contribution in [1.29, 1.82) is 0 Å². The Bertz CT molecular complexity index is 595. The summed E-state index contributed by atoms with van der Waals surface area (Å²) in [5, 5.41) is 0. The molecule has 0 unspecified atom stereocenters. The first-order valence-electron chi connectivity index (χ1n) is 8.03. The van der Waals surface area contributed by atoms with Crippen molar-refractivity contribution in [3.8, 4) is 11.5 Å². The maximum Gasteiger partial charge on any atom is 0.498 e. The van der Waals surface area contributed by atoms with E-state index in [9.17, 15) is 0 Å². The molecule has 1 aromatic carbocycles.